The van der Waals surface area contributed by atoms with Gasteiger partial charge in [-0.1, -0.05) is 12.1 Å². The van der Waals surface area contributed by atoms with E-state index in [4.69, 9.17) is 0 Å². The fourth-order valence-electron chi connectivity index (χ4n) is 2.62. The van der Waals surface area contributed by atoms with E-state index in [-0.39, 0.29) is 18.6 Å². The molecule has 2 unspecified atom stereocenters. The molecular formula is C15H22N2O2. The summed E-state index contributed by atoms with van der Waals surface area (Å²) in [5.74, 6) is -0.0133. The molecule has 2 rings (SSSR count). The number of rotatable bonds is 2. The summed E-state index contributed by atoms with van der Waals surface area (Å²) in [5.41, 5.74) is 2.06. The van der Waals surface area contributed by atoms with Gasteiger partial charge < -0.3 is 10.0 Å². The number of carbonyl (C=O) groups excluding carboxylic acids is 1. The van der Waals surface area contributed by atoms with Gasteiger partial charge in [0.25, 0.3) is 0 Å². The molecular weight excluding hydrogens is 240 g/mol. The van der Waals surface area contributed by atoms with Gasteiger partial charge in [0, 0.05) is 18.3 Å². The van der Waals surface area contributed by atoms with Crippen LogP contribution in [0.1, 0.15) is 18.9 Å². The predicted octanol–water partition coefficient (Wildman–Crippen LogP) is 1.41. The first-order valence-electron chi connectivity index (χ1n) is 6.75. The standard InChI is InChI=1S/C15H22N2O2/c1-11-5-4-6-13(9-11)17-12(2)7-8-16(3)14(10-18)15(17)19/h4-6,9,12,14,18H,7-8,10H2,1-3H3. The van der Waals surface area contributed by atoms with Crippen LogP contribution in [0.2, 0.25) is 0 Å². The lowest BCUT2D eigenvalue weighted by Gasteiger charge is -2.30. The molecule has 0 spiro atoms. The van der Waals surface area contributed by atoms with E-state index in [1.54, 1.807) is 0 Å². The number of aryl methyl sites for hydroxylation is 1. The first kappa shape index (κ1) is 14.0. The lowest BCUT2D eigenvalue weighted by Crippen LogP contribution is -2.48. The Balaban J connectivity index is 2.38. The van der Waals surface area contributed by atoms with E-state index in [2.05, 4.69) is 6.92 Å². The van der Waals surface area contributed by atoms with Crippen molar-refractivity contribution in [3.63, 3.8) is 0 Å². The number of nitrogens with zero attached hydrogens (tertiary/aromatic N) is 2. The molecule has 1 aromatic rings. The number of hydrogen-bond donors (Lipinski definition) is 1. The second kappa shape index (κ2) is 5.72. The van der Waals surface area contributed by atoms with Gasteiger partial charge in [0.05, 0.1) is 6.61 Å². The molecule has 19 heavy (non-hydrogen) atoms. The van der Waals surface area contributed by atoms with E-state index in [9.17, 15) is 9.90 Å². The summed E-state index contributed by atoms with van der Waals surface area (Å²) in [6, 6.07) is 7.67. The minimum absolute atomic E-state index is 0.0133. The van der Waals surface area contributed by atoms with Crippen molar-refractivity contribution in [2.24, 2.45) is 0 Å². The second-order valence-corrected chi connectivity index (χ2v) is 5.36. The van der Waals surface area contributed by atoms with Crippen molar-refractivity contribution in [2.75, 3.05) is 25.1 Å². The van der Waals surface area contributed by atoms with Crippen LogP contribution in [-0.4, -0.2) is 48.2 Å². The third-order valence-corrected chi connectivity index (χ3v) is 3.85. The zero-order valence-corrected chi connectivity index (χ0v) is 11.8. The number of amides is 1. The SMILES string of the molecule is Cc1cccc(N2C(=O)C(CO)N(C)CCC2C)c1. The number of likely N-dealkylation sites (N-methyl/N-ethyl adjacent to an activating group) is 1. The van der Waals surface area contributed by atoms with Crippen LogP contribution in [0.25, 0.3) is 0 Å². The summed E-state index contributed by atoms with van der Waals surface area (Å²) in [4.78, 5) is 16.4. The minimum Gasteiger partial charge on any atom is -0.394 e. The lowest BCUT2D eigenvalue weighted by atomic mass is 10.1. The lowest BCUT2D eigenvalue weighted by molar-refractivity contribution is -0.124. The predicted molar refractivity (Wildman–Crippen MR) is 76.2 cm³/mol. The average molecular weight is 262 g/mol. The van der Waals surface area contributed by atoms with E-state index < -0.39 is 6.04 Å². The Morgan fingerprint density at radius 1 is 1.42 bits per heavy atom. The first-order chi connectivity index (χ1) is 9.04. The van der Waals surface area contributed by atoms with Gasteiger partial charge in [-0.2, -0.15) is 0 Å². The van der Waals surface area contributed by atoms with E-state index in [1.807, 2.05) is 48.0 Å². The van der Waals surface area contributed by atoms with Gasteiger partial charge in [0.1, 0.15) is 6.04 Å². The van der Waals surface area contributed by atoms with Crippen LogP contribution in [0.5, 0.6) is 0 Å². The largest absolute Gasteiger partial charge is 0.394 e. The Bertz CT molecular complexity index is 461. The van der Waals surface area contributed by atoms with Gasteiger partial charge in [0.2, 0.25) is 5.91 Å². The summed E-state index contributed by atoms with van der Waals surface area (Å²) in [6.07, 6.45) is 0.909. The van der Waals surface area contributed by atoms with E-state index in [1.165, 1.54) is 0 Å². The molecule has 1 fully saturated rings. The highest BCUT2D eigenvalue weighted by atomic mass is 16.3. The maximum Gasteiger partial charge on any atom is 0.246 e. The number of anilines is 1. The van der Waals surface area contributed by atoms with Gasteiger partial charge in [-0.05, 0) is 45.0 Å². The minimum atomic E-state index is -0.439. The van der Waals surface area contributed by atoms with Crippen LogP contribution in [0, 0.1) is 6.92 Å². The monoisotopic (exact) mass is 262 g/mol. The summed E-state index contributed by atoms with van der Waals surface area (Å²) < 4.78 is 0. The molecule has 1 saturated heterocycles. The molecule has 4 nitrogen and oxygen atoms in total. The normalized spacial score (nSPS) is 25.5. The first-order valence-corrected chi connectivity index (χ1v) is 6.75. The number of benzene rings is 1. The topological polar surface area (TPSA) is 43.8 Å². The molecule has 1 aromatic carbocycles. The Morgan fingerprint density at radius 2 is 2.16 bits per heavy atom. The second-order valence-electron chi connectivity index (χ2n) is 5.36. The summed E-state index contributed by atoms with van der Waals surface area (Å²) in [7, 11) is 1.89. The molecule has 1 N–H and O–H groups in total. The third kappa shape index (κ3) is 2.80. The van der Waals surface area contributed by atoms with Crippen LogP contribution >= 0.6 is 0 Å². The van der Waals surface area contributed by atoms with E-state index in [0.717, 1.165) is 24.2 Å². The van der Waals surface area contributed by atoms with Crippen molar-refractivity contribution in [2.45, 2.75) is 32.4 Å². The Hall–Kier alpha value is -1.39. The molecule has 0 radical (unpaired) electrons. The summed E-state index contributed by atoms with van der Waals surface area (Å²) in [5, 5.41) is 9.47. The number of carbonyl (C=O) groups is 1. The fourth-order valence-corrected chi connectivity index (χ4v) is 2.62. The Morgan fingerprint density at radius 3 is 2.79 bits per heavy atom. The molecule has 0 saturated carbocycles. The van der Waals surface area contributed by atoms with E-state index in [0.29, 0.717) is 0 Å². The zero-order valence-electron chi connectivity index (χ0n) is 11.8. The highest BCUT2D eigenvalue weighted by Crippen LogP contribution is 2.24. The Kier molecular flexibility index (Phi) is 4.22. The molecule has 1 aliphatic heterocycles. The van der Waals surface area contributed by atoms with Gasteiger partial charge in [0.15, 0.2) is 0 Å². The summed E-state index contributed by atoms with van der Waals surface area (Å²) >= 11 is 0. The van der Waals surface area contributed by atoms with Crippen molar-refractivity contribution in [3.8, 4) is 0 Å². The van der Waals surface area contributed by atoms with Crippen molar-refractivity contribution in [1.82, 2.24) is 4.90 Å². The molecule has 0 aliphatic carbocycles. The molecule has 1 amide bonds. The average Bonchev–Trinajstić information content (AvgIpc) is 2.47. The number of hydrogen-bond acceptors (Lipinski definition) is 3. The van der Waals surface area contributed by atoms with Crippen molar-refractivity contribution < 1.29 is 9.90 Å². The fraction of sp³-hybridized carbons (Fsp3) is 0.533. The van der Waals surface area contributed by atoms with Crippen LogP contribution in [-0.2, 0) is 4.79 Å². The van der Waals surface area contributed by atoms with Crippen LogP contribution in [0.3, 0.4) is 0 Å². The molecule has 1 heterocycles. The quantitative estimate of drug-likeness (QED) is 0.876. The Labute approximate surface area is 114 Å². The van der Waals surface area contributed by atoms with Crippen molar-refractivity contribution in [3.05, 3.63) is 29.8 Å². The van der Waals surface area contributed by atoms with Gasteiger partial charge in [-0.3, -0.25) is 9.69 Å². The van der Waals surface area contributed by atoms with E-state index >= 15 is 0 Å². The zero-order chi connectivity index (χ0) is 14.0. The number of aliphatic hydroxyl groups excluding tert-OH is 1. The maximum absolute atomic E-state index is 12.6. The molecule has 104 valence electrons. The molecule has 4 heteroatoms. The third-order valence-electron chi connectivity index (χ3n) is 3.85. The van der Waals surface area contributed by atoms with Gasteiger partial charge in [-0.25, -0.2) is 0 Å². The molecule has 2 atom stereocenters. The number of aliphatic hydroxyl groups is 1. The molecule has 0 aromatic heterocycles. The summed E-state index contributed by atoms with van der Waals surface area (Å²) in [6.45, 7) is 4.77. The van der Waals surface area contributed by atoms with Gasteiger partial charge >= 0.3 is 0 Å². The molecule has 0 bridgehead atoms. The van der Waals surface area contributed by atoms with Crippen LogP contribution in [0.4, 0.5) is 5.69 Å². The highest BCUT2D eigenvalue weighted by Gasteiger charge is 2.34. The van der Waals surface area contributed by atoms with Gasteiger partial charge in [-0.15, -0.1) is 0 Å². The smallest absolute Gasteiger partial charge is 0.246 e. The molecule has 1 aliphatic rings. The van der Waals surface area contributed by atoms with Crippen molar-refractivity contribution in [1.29, 1.82) is 0 Å². The maximum atomic E-state index is 12.6. The van der Waals surface area contributed by atoms with Crippen LogP contribution < -0.4 is 4.90 Å². The highest BCUT2D eigenvalue weighted by molar-refractivity contribution is 5.98. The van der Waals surface area contributed by atoms with Crippen LogP contribution in [0.15, 0.2) is 24.3 Å². The van der Waals surface area contributed by atoms with Crippen molar-refractivity contribution >= 4 is 11.6 Å².